The maximum atomic E-state index is 12.0. The number of amides is 2. The highest BCUT2D eigenvalue weighted by Crippen LogP contribution is 2.24. The third-order valence-electron chi connectivity index (χ3n) is 3.89. The molecule has 0 spiro atoms. The van der Waals surface area contributed by atoms with Crippen molar-refractivity contribution in [2.24, 2.45) is 0 Å². The van der Waals surface area contributed by atoms with Gasteiger partial charge in [0.15, 0.2) is 0 Å². The van der Waals surface area contributed by atoms with Crippen LogP contribution < -0.4 is 10.2 Å². The number of nitrogens with one attached hydrogen (secondary N) is 1. The Morgan fingerprint density at radius 1 is 1.29 bits per heavy atom. The van der Waals surface area contributed by atoms with Gasteiger partial charge in [-0.15, -0.1) is 0 Å². The number of urea groups is 1. The van der Waals surface area contributed by atoms with Crippen LogP contribution in [0.3, 0.4) is 0 Å². The van der Waals surface area contributed by atoms with Gasteiger partial charge in [-0.05, 0) is 31.0 Å². The van der Waals surface area contributed by atoms with Gasteiger partial charge in [-0.1, -0.05) is 35.3 Å². The molecule has 2 amide bonds. The van der Waals surface area contributed by atoms with E-state index in [1.54, 1.807) is 0 Å². The minimum atomic E-state index is 0.0770. The van der Waals surface area contributed by atoms with Crippen LogP contribution in [0.25, 0.3) is 0 Å². The molecule has 1 fully saturated rings. The molecule has 1 aliphatic rings. The molecule has 0 radical (unpaired) electrons. The SMILES string of the molecule is CCCCNC(=O)N1CCN(c2ccc(C)c(Br)c2)CC1. The zero-order valence-electron chi connectivity index (χ0n) is 12.9. The fraction of sp³-hybridized carbons (Fsp3) is 0.562. The van der Waals surface area contributed by atoms with Gasteiger partial charge in [-0.3, -0.25) is 0 Å². The summed E-state index contributed by atoms with van der Waals surface area (Å²) >= 11 is 3.58. The van der Waals surface area contributed by atoms with Crippen molar-refractivity contribution in [3.8, 4) is 0 Å². The van der Waals surface area contributed by atoms with Crippen LogP contribution in [-0.2, 0) is 0 Å². The number of carbonyl (C=O) groups excluding carboxylic acids is 1. The van der Waals surface area contributed by atoms with Crippen molar-refractivity contribution < 1.29 is 4.79 Å². The standard InChI is InChI=1S/C16H24BrN3O/c1-3-4-7-18-16(21)20-10-8-19(9-11-20)14-6-5-13(2)15(17)12-14/h5-6,12H,3-4,7-11H2,1-2H3,(H,18,21). The van der Waals surface area contributed by atoms with Crippen LogP contribution in [0.1, 0.15) is 25.3 Å². The van der Waals surface area contributed by atoms with Crippen LogP contribution in [0.4, 0.5) is 10.5 Å². The van der Waals surface area contributed by atoms with Crippen molar-refractivity contribution in [1.29, 1.82) is 0 Å². The number of halogens is 1. The summed E-state index contributed by atoms with van der Waals surface area (Å²) in [6.45, 7) is 8.33. The Kier molecular flexibility index (Phi) is 5.91. The summed E-state index contributed by atoms with van der Waals surface area (Å²) in [6, 6.07) is 6.51. The normalized spacial score (nSPS) is 15.2. The van der Waals surface area contributed by atoms with Gasteiger partial charge in [0.1, 0.15) is 0 Å². The Balaban J connectivity index is 1.85. The lowest BCUT2D eigenvalue weighted by atomic mass is 10.2. The highest BCUT2D eigenvalue weighted by Gasteiger charge is 2.21. The predicted molar refractivity (Wildman–Crippen MR) is 91.0 cm³/mol. The van der Waals surface area contributed by atoms with Crippen molar-refractivity contribution in [2.75, 3.05) is 37.6 Å². The Bertz CT molecular complexity index is 484. The minimum Gasteiger partial charge on any atom is -0.368 e. The van der Waals surface area contributed by atoms with Gasteiger partial charge in [0.2, 0.25) is 0 Å². The summed E-state index contributed by atoms with van der Waals surface area (Å²) in [4.78, 5) is 16.2. The van der Waals surface area contributed by atoms with Crippen LogP contribution in [-0.4, -0.2) is 43.7 Å². The summed E-state index contributed by atoms with van der Waals surface area (Å²) in [6.07, 6.45) is 2.15. The zero-order chi connectivity index (χ0) is 15.2. The van der Waals surface area contributed by atoms with E-state index in [1.807, 2.05) is 4.90 Å². The van der Waals surface area contributed by atoms with E-state index in [0.717, 1.165) is 50.0 Å². The Hall–Kier alpha value is -1.23. The molecule has 1 N–H and O–H groups in total. The molecule has 0 aromatic heterocycles. The van der Waals surface area contributed by atoms with Crippen LogP contribution in [0.15, 0.2) is 22.7 Å². The van der Waals surface area contributed by atoms with Gasteiger partial charge < -0.3 is 15.1 Å². The molecule has 2 rings (SSSR count). The zero-order valence-corrected chi connectivity index (χ0v) is 14.4. The number of rotatable bonds is 4. The van der Waals surface area contributed by atoms with Crippen molar-refractivity contribution >= 4 is 27.6 Å². The van der Waals surface area contributed by atoms with E-state index >= 15 is 0 Å². The third kappa shape index (κ3) is 4.37. The van der Waals surface area contributed by atoms with Gasteiger partial charge in [-0.25, -0.2) is 4.79 Å². The van der Waals surface area contributed by atoms with E-state index < -0.39 is 0 Å². The van der Waals surface area contributed by atoms with Crippen molar-refractivity contribution in [1.82, 2.24) is 10.2 Å². The molecule has 1 heterocycles. The lowest BCUT2D eigenvalue weighted by molar-refractivity contribution is 0.194. The van der Waals surface area contributed by atoms with E-state index in [4.69, 9.17) is 0 Å². The number of nitrogens with zero attached hydrogens (tertiary/aromatic N) is 2. The summed E-state index contributed by atoms with van der Waals surface area (Å²) in [5.74, 6) is 0. The van der Waals surface area contributed by atoms with Crippen LogP contribution in [0.5, 0.6) is 0 Å². The predicted octanol–water partition coefficient (Wildman–Crippen LogP) is 3.39. The van der Waals surface area contributed by atoms with Gasteiger partial charge in [0.05, 0.1) is 0 Å². The maximum absolute atomic E-state index is 12.0. The highest BCUT2D eigenvalue weighted by atomic mass is 79.9. The van der Waals surface area contributed by atoms with Gasteiger partial charge in [0.25, 0.3) is 0 Å². The van der Waals surface area contributed by atoms with Crippen molar-refractivity contribution in [3.63, 3.8) is 0 Å². The summed E-state index contributed by atoms with van der Waals surface area (Å²) in [7, 11) is 0. The van der Waals surface area contributed by atoms with E-state index in [1.165, 1.54) is 11.3 Å². The molecule has 4 nitrogen and oxygen atoms in total. The van der Waals surface area contributed by atoms with Crippen molar-refractivity contribution in [3.05, 3.63) is 28.2 Å². The molecule has 21 heavy (non-hydrogen) atoms. The Morgan fingerprint density at radius 2 is 2.00 bits per heavy atom. The number of piperazine rings is 1. The second-order valence-corrected chi connectivity index (χ2v) is 6.35. The van der Waals surface area contributed by atoms with E-state index in [-0.39, 0.29) is 6.03 Å². The molecule has 5 heteroatoms. The fourth-order valence-electron chi connectivity index (χ4n) is 2.43. The molecule has 1 aromatic carbocycles. The fourth-order valence-corrected chi connectivity index (χ4v) is 2.80. The number of benzene rings is 1. The summed E-state index contributed by atoms with van der Waals surface area (Å²) < 4.78 is 1.14. The number of aryl methyl sites for hydroxylation is 1. The quantitative estimate of drug-likeness (QED) is 0.842. The molecule has 0 saturated carbocycles. The monoisotopic (exact) mass is 353 g/mol. The smallest absolute Gasteiger partial charge is 0.317 e. The molecule has 0 unspecified atom stereocenters. The molecule has 1 aliphatic heterocycles. The molecule has 1 aromatic rings. The number of unbranched alkanes of at least 4 members (excludes halogenated alkanes) is 1. The van der Waals surface area contributed by atoms with Crippen LogP contribution in [0.2, 0.25) is 0 Å². The lowest BCUT2D eigenvalue weighted by Crippen LogP contribution is -2.52. The second kappa shape index (κ2) is 7.69. The first kappa shape index (κ1) is 16.1. The van der Waals surface area contributed by atoms with Crippen LogP contribution >= 0.6 is 15.9 Å². The molecule has 116 valence electrons. The highest BCUT2D eigenvalue weighted by molar-refractivity contribution is 9.10. The molecule has 0 aliphatic carbocycles. The molecule has 0 bridgehead atoms. The topological polar surface area (TPSA) is 35.6 Å². The average Bonchev–Trinajstić information content (AvgIpc) is 2.50. The van der Waals surface area contributed by atoms with Gasteiger partial charge in [0, 0.05) is 42.9 Å². The number of hydrogen-bond acceptors (Lipinski definition) is 2. The molecular formula is C16H24BrN3O. The first-order chi connectivity index (χ1) is 10.1. The largest absolute Gasteiger partial charge is 0.368 e. The Morgan fingerprint density at radius 3 is 2.62 bits per heavy atom. The summed E-state index contributed by atoms with van der Waals surface area (Å²) in [5.41, 5.74) is 2.46. The number of carbonyl (C=O) groups is 1. The first-order valence-corrected chi connectivity index (χ1v) is 8.45. The first-order valence-electron chi connectivity index (χ1n) is 7.65. The molecular weight excluding hydrogens is 330 g/mol. The molecule has 1 saturated heterocycles. The Labute approximate surface area is 135 Å². The minimum absolute atomic E-state index is 0.0770. The van der Waals surface area contributed by atoms with Gasteiger partial charge >= 0.3 is 6.03 Å². The average molecular weight is 354 g/mol. The lowest BCUT2D eigenvalue weighted by Gasteiger charge is -2.36. The maximum Gasteiger partial charge on any atom is 0.317 e. The van der Waals surface area contributed by atoms with Crippen molar-refractivity contribution in [2.45, 2.75) is 26.7 Å². The third-order valence-corrected chi connectivity index (χ3v) is 4.75. The number of anilines is 1. The van der Waals surface area contributed by atoms with E-state index in [0.29, 0.717) is 0 Å². The number of hydrogen-bond donors (Lipinski definition) is 1. The van der Waals surface area contributed by atoms with Crippen LogP contribution in [0, 0.1) is 6.92 Å². The molecule has 0 atom stereocenters. The van der Waals surface area contributed by atoms with E-state index in [9.17, 15) is 4.79 Å². The van der Waals surface area contributed by atoms with E-state index in [2.05, 4.69) is 58.2 Å². The second-order valence-electron chi connectivity index (χ2n) is 5.49. The summed E-state index contributed by atoms with van der Waals surface area (Å²) in [5, 5.41) is 2.99. The van der Waals surface area contributed by atoms with Gasteiger partial charge in [-0.2, -0.15) is 0 Å².